The van der Waals surface area contributed by atoms with Crippen LogP contribution in [0.3, 0.4) is 0 Å². The summed E-state index contributed by atoms with van der Waals surface area (Å²) in [6, 6.07) is 14.0. The minimum absolute atomic E-state index is 0.0833. The summed E-state index contributed by atoms with van der Waals surface area (Å²) >= 11 is 15.3. The van der Waals surface area contributed by atoms with Crippen molar-refractivity contribution in [3.05, 3.63) is 87.3 Å². The summed E-state index contributed by atoms with van der Waals surface area (Å²) in [4.78, 5) is 12.5. The molecule has 0 aliphatic heterocycles. The molecule has 8 nitrogen and oxygen atoms in total. The Balaban J connectivity index is 1.29. The molecule has 0 unspecified atom stereocenters. The smallest absolute Gasteiger partial charge is 0.276 e. The third-order valence-corrected chi connectivity index (χ3v) is 5.25. The third-order valence-electron chi connectivity index (χ3n) is 4.19. The van der Waals surface area contributed by atoms with Crippen LogP contribution >= 0.6 is 39.1 Å². The summed E-state index contributed by atoms with van der Waals surface area (Å²) in [5.74, 6) is 0.805. The fourth-order valence-corrected chi connectivity index (χ4v) is 3.38. The number of anilines is 1. The Bertz CT molecular complexity index is 1230. The van der Waals surface area contributed by atoms with Gasteiger partial charge in [-0.05, 0) is 48.5 Å². The van der Waals surface area contributed by atoms with Gasteiger partial charge in [0.1, 0.15) is 11.5 Å². The molecule has 32 heavy (non-hydrogen) atoms. The van der Waals surface area contributed by atoms with E-state index in [4.69, 9.17) is 32.7 Å². The van der Waals surface area contributed by atoms with Crippen LogP contribution in [0.1, 0.15) is 10.5 Å². The molecule has 0 fully saturated rings. The highest BCUT2D eigenvalue weighted by atomic mass is 79.9. The van der Waals surface area contributed by atoms with Crippen LogP contribution in [0.5, 0.6) is 11.5 Å². The van der Waals surface area contributed by atoms with Gasteiger partial charge >= 0.3 is 0 Å². The highest BCUT2D eigenvalue weighted by Gasteiger charge is 2.12. The SMILES string of the molecule is O=C(Nc1cnn(COc2ccc(Br)cc2)c1)c1ccn(COc2ccc(Cl)cc2Cl)n1. The number of benzene rings is 2. The molecule has 0 aliphatic carbocycles. The third kappa shape index (κ3) is 5.82. The quantitative estimate of drug-likeness (QED) is 0.322. The number of halogens is 3. The average Bonchev–Trinajstić information content (AvgIpc) is 3.42. The van der Waals surface area contributed by atoms with Crippen LogP contribution in [0.4, 0.5) is 5.69 Å². The van der Waals surface area contributed by atoms with Crippen molar-refractivity contribution in [3.63, 3.8) is 0 Å². The number of hydrogen-bond acceptors (Lipinski definition) is 5. The molecule has 164 valence electrons. The summed E-state index contributed by atoms with van der Waals surface area (Å²) in [6.07, 6.45) is 4.83. The number of nitrogens with zero attached hydrogens (tertiary/aromatic N) is 4. The highest BCUT2D eigenvalue weighted by molar-refractivity contribution is 9.10. The summed E-state index contributed by atoms with van der Waals surface area (Å²) in [7, 11) is 0. The Hall–Kier alpha value is -3.01. The average molecular weight is 537 g/mol. The van der Waals surface area contributed by atoms with Crippen LogP contribution in [-0.4, -0.2) is 25.5 Å². The van der Waals surface area contributed by atoms with Gasteiger partial charge < -0.3 is 14.8 Å². The van der Waals surface area contributed by atoms with Crippen molar-refractivity contribution < 1.29 is 14.3 Å². The Labute approximate surface area is 201 Å². The van der Waals surface area contributed by atoms with E-state index in [1.807, 2.05) is 24.3 Å². The molecule has 0 radical (unpaired) electrons. The topological polar surface area (TPSA) is 83.2 Å². The first-order valence-electron chi connectivity index (χ1n) is 9.30. The maximum Gasteiger partial charge on any atom is 0.276 e. The number of nitrogens with one attached hydrogen (secondary N) is 1. The maximum absolute atomic E-state index is 12.5. The lowest BCUT2D eigenvalue weighted by Gasteiger charge is -2.08. The predicted octanol–water partition coefficient (Wildman–Crippen LogP) is 5.47. The van der Waals surface area contributed by atoms with Crippen molar-refractivity contribution in [3.8, 4) is 11.5 Å². The van der Waals surface area contributed by atoms with E-state index >= 15 is 0 Å². The molecule has 11 heteroatoms. The van der Waals surface area contributed by atoms with E-state index in [-0.39, 0.29) is 25.1 Å². The molecule has 0 saturated carbocycles. The lowest BCUT2D eigenvalue weighted by molar-refractivity contribution is 0.102. The standard InChI is InChI=1S/C21H16BrCl2N5O3/c22-14-1-4-17(5-2-14)31-13-29-11-16(10-25-29)26-21(30)19-7-8-28(27-19)12-32-20-6-3-15(23)9-18(20)24/h1-11H,12-13H2,(H,26,30). The zero-order chi connectivity index (χ0) is 22.5. The van der Waals surface area contributed by atoms with E-state index < -0.39 is 0 Å². The van der Waals surface area contributed by atoms with Gasteiger partial charge in [-0.1, -0.05) is 39.1 Å². The van der Waals surface area contributed by atoms with Crippen LogP contribution in [-0.2, 0) is 13.5 Å². The Morgan fingerprint density at radius 1 is 1.03 bits per heavy atom. The molecule has 2 aromatic carbocycles. The van der Waals surface area contributed by atoms with Gasteiger partial charge in [0.05, 0.1) is 23.1 Å². The van der Waals surface area contributed by atoms with Crippen LogP contribution in [0.2, 0.25) is 10.0 Å². The van der Waals surface area contributed by atoms with Crippen LogP contribution < -0.4 is 14.8 Å². The van der Waals surface area contributed by atoms with Gasteiger partial charge in [0.2, 0.25) is 0 Å². The van der Waals surface area contributed by atoms with Gasteiger partial charge in [-0.3, -0.25) is 4.79 Å². The minimum Gasteiger partial charge on any atom is -0.471 e. The van der Waals surface area contributed by atoms with E-state index in [0.29, 0.717) is 27.2 Å². The molecular weight excluding hydrogens is 521 g/mol. The first-order chi connectivity index (χ1) is 15.5. The Kier molecular flexibility index (Phi) is 6.99. The largest absolute Gasteiger partial charge is 0.471 e. The lowest BCUT2D eigenvalue weighted by Crippen LogP contribution is -2.14. The molecule has 0 spiro atoms. The van der Waals surface area contributed by atoms with Gasteiger partial charge in [-0.2, -0.15) is 10.2 Å². The van der Waals surface area contributed by atoms with Crippen LogP contribution in [0, 0.1) is 0 Å². The lowest BCUT2D eigenvalue weighted by atomic mass is 10.3. The van der Waals surface area contributed by atoms with E-state index in [1.165, 1.54) is 10.9 Å². The summed E-state index contributed by atoms with van der Waals surface area (Å²) in [5, 5.41) is 12.1. The number of carbonyl (C=O) groups is 1. The molecule has 1 N–H and O–H groups in total. The zero-order valence-corrected chi connectivity index (χ0v) is 19.5. The van der Waals surface area contributed by atoms with Gasteiger partial charge in [-0.25, -0.2) is 9.36 Å². The molecule has 4 aromatic rings. The fourth-order valence-electron chi connectivity index (χ4n) is 2.65. The van der Waals surface area contributed by atoms with E-state index in [0.717, 1.165) is 4.47 Å². The van der Waals surface area contributed by atoms with Gasteiger partial charge in [-0.15, -0.1) is 0 Å². The Morgan fingerprint density at radius 2 is 1.81 bits per heavy atom. The number of hydrogen-bond donors (Lipinski definition) is 1. The number of amides is 1. The van der Waals surface area contributed by atoms with Gasteiger partial charge in [0.15, 0.2) is 19.2 Å². The highest BCUT2D eigenvalue weighted by Crippen LogP contribution is 2.27. The normalized spacial score (nSPS) is 10.7. The van der Waals surface area contributed by atoms with Crippen molar-refractivity contribution in [2.45, 2.75) is 13.5 Å². The monoisotopic (exact) mass is 535 g/mol. The van der Waals surface area contributed by atoms with Crippen LogP contribution in [0.15, 0.2) is 71.6 Å². The molecule has 0 saturated heterocycles. The number of rotatable bonds is 8. The number of aromatic nitrogens is 4. The van der Waals surface area contributed by atoms with Crippen molar-refractivity contribution in [1.29, 1.82) is 0 Å². The maximum atomic E-state index is 12.5. The molecule has 2 aromatic heterocycles. The molecular formula is C21H16BrCl2N5O3. The molecule has 0 aliphatic rings. The molecule has 2 heterocycles. The van der Waals surface area contributed by atoms with Crippen molar-refractivity contribution in [2.75, 3.05) is 5.32 Å². The Morgan fingerprint density at radius 3 is 2.59 bits per heavy atom. The second-order valence-corrected chi connectivity index (χ2v) is 8.30. The molecule has 4 rings (SSSR count). The second-order valence-electron chi connectivity index (χ2n) is 6.54. The predicted molar refractivity (Wildman–Crippen MR) is 124 cm³/mol. The molecule has 0 bridgehead atoms. The van der Waals surface area contributed by atoms with Gasteiger partial charge in [0.25, 0.3) is 5.91 Å². The van der Waals surface area contributed by atoms with Crippen molar-refractivity contribution >= 4 is 50.7 Å². The van der Waals surface area contributed by atoms with Crippen molar-refractivity contribution in [1.82, 2.24) is 19.6 Å². The number of ether oxygens (including phenoxy) is 2. The van der Waals surface area contributed by atoms with Gasteiger partial charge in [0, 0.05) is 15.7 Å². The van der Waals surface area contributed by atoms with E-state index in [1.54, 1.807) is 41.3 Å². The summed E-state index contributed by atoms with van der Waals surface area (Å²) in [6.45, 7) is 0.288. The second kappa shape index (κ2) is 10.1. The van der Waals surface area contributed by atoms with Crippen molar-refractivity contribution in [2.24, 2.45) is 0 Å². The molecule has 1 amide bonds. The van der Waals surface area contributed by atoms with E-state index in [2.05, 4.69) is 31.4 Å². The first kappa shape index (κ1) is 22.2. The summed E-state index contributed by atoms with van der Waals surface area (Å²) < 4.78 is 15.3. The zero-order valence-electron chi connectivity index (χ0n) is 16.4. The van der Waals surface area contributed by atoms with E-state index in [9.17, 15) is 4.79 Å². The fraction of sp³-hybridized carbons (Fsp3) is 0.0952. The number of carbonyl (C=O) groups excluding carboxylic acids is 1. The first-order valence-corrected chi connectivity index (χ1v) is 10.8. The molecule has 0 atom stereocenters. The van der Waals surface area contributed by atoms with Crippen LogP contribution in [0.25, 0.3) is 0 Å². The summed E-state index contributed by atoms with van der Waals surface area (Å²) in [5.41, 5.74) is 0.753. The minimum atomic E-state index is -0.373.